The van der Waals surface area contributed by atoms with Crippen LogP contribution < -0.4 is 4.90 Å². The Kier molecular flexibility index (Phi) is 3.21. The van der Waals surface area contributed by atoms with Crippen molar-refractivity contribution in [1.82, 2.24) is 14.8 Å². The van der Waals surface area contributed by atoms with Gasteiger partial charge in [-0.05, 0) is 25.3 Å². The molecule has 3 heterocycles. The van der Waals surface area contributed by atoms with Crippen LogP contribution >= 0.6 is 0 Å². The minimum Gasteiger partial charge on any atom is -0.355 e. The number of rotatable bonds is 2. The summed E-state index contributed by atoms with van der Waals surface area (Å²) in [5, 5.41) is 0. The zero-order valence-electron chi connectivity index (χ0n) is 11.5. The minimum atomic E-state index is 0.900. The van der Waals surface area contributed by atoms with Crippen molar-refractivity contribution in [2.24, 2.45) is 4.99 Å². The van der Waals surface area contributed by atoms with Gasteiger partial charge in [-0.15, -0.1) is 0 Å². The average Bonchev–Trinajstić information content (AvgIpc) is 2.86. The van der Waals surface area contributed by atoms with Crippen molar-refractivity contribution in [2.45, 2.75) is 0 Å². The van der Waals surface area contributed by atoms with Gasteiger partial charge in [0.2, 0.25) is 0 Å². The van der Waals surface area contributed by atoms with Crippen LogP contribution in [0.15, 0.2) is 35.6 Å². The number of anilines is 1. The SMILES string of the molecule is CN1CCN(c2ccc(C3=NC=CCN3C)cn2)C1. The molecular formula is C14H19N5. The quantitative estimate of drug-likeness (QED) is 0.791. The van der Waals surface area contributed by atoms with E-state index in [-0.39, 0.29) is 0 Å². The second kappa shape index (κ2) is 5.01. The van der Waals surface area contributed by atoms with Crippen LogP contribution in [-0.4, -0.2) is 61.0 Å². The third-order valence-corrected chi connectivity index (χ3v) is 3.54. The molecule has 0 N–H and O–H groups in total. The molecule has 2 aliphatic heterocycles. The smallest absolute Gasteiger partial charge is 0.137 e. The van der Waals surface area contributed by atoms with Crippen molar-refractivity contribution in [3.8, 4) is 0 Å². The first-order valence-electron chi connectivity index (χ1n) is 6.58. The van der Waals surface area contributed by atoms with E-state index < -0.39 is 0 Å². The summed E-state index contributed by atoms with van der Waals surface area (Å²) in [5.41, 5.74) is 1.07. The molecule has 0 aliphatic carbocycles. The number of pyridine rings is 1. The average molecular weight is 257 g/mol. The Balaban J connectivity index is 1.79. The van der Waals surface area contributed by atoms with Crippen LogP contribution in [0.1, 0.15) is 5.56 Å². The fraction of sp³-hybridized carbons (Fsp3) is 0.429. The fourth-order valence-electron chi connectivity index (χ4n) is 2.43. The summed E-state index contributed by atoms with van der Waals surface area (Å²) in [6.07, 6.45) is 5.83. The molecule has 1 fully saturated rings. The predicted octanol–water partition coefficient (Wildman–Crippen LogP) is 0.997. The number of likely N-dealkylation sites (N-methyl/N-ethyl adjacent to an activating group) is 2. The number of nitrogens with zero attached hydrogens (tertiary/aromatic N) is 5. The molecular weight excluding hydrogens is 238 g/mol. The maximum atomic E-state index is 4.57. The Labute approximate surface area is 113 Å². The third kappa shape index (κ3) is 2.46. The van der Waals surface area contributed by atoms with Gasteiger partial charge in [0.25, 0.3) is 0 Å². The lowest BCUT2D eigenvalue weighted by Gasteiger charge is -2.22. The molecule has 0 radical (unpaired) electrons. The summed E-state index contributed by atoms with van der Waals surface area (Å²) in [7, 11) is 4.18. The van der Waals surface area contributed by atoms with Gasteiger partial charge in [0, 0.05) is 44.6 Å². The second-order valence-electron chi connectivity index (χ2n) is 5.11. The van der Waals surface area contributed by atoms with Gasteiger partial charge in [0.15, 0.2) is 0 Å². The highest BCUT2D eigenvalue weighted by atomic mass is 15.4. The monoisotopic (exact) mass is 257 g/mol. The molecule has 0 bridgehead atoms. The molecule has 1 aromatic rings. The highest BCUT2D eigenvalue weighted by molar-refractivity contribution is 5.99. The van der Waals surface area contributed by atoms with E-state index in [4.69, 9.17) is 0 Å². The van der Waals surface area contributed by atoms with Gasteiger partial charge >= 0.3 is 0 Å². The molecule has 0 atom stereocenters. The number of aromatic nitrogens is 1. The highest BCUT2D eigenvalue weighted by Crippen LogP contribution is 2.16. The van der Waals surface area contributed by atoms with E-state index in [1.807, 2.05) is 25.5 Å². The summed E-state index contributed by atoms with van der Waals surface area (Å²) in [5.74, 6) is 2.03. The van der Waals surface area contributed by atoms with Crippen molar-refractivity contribution < 1.29 is 0 Å². The van der Waals surface area contributed by atoms with Crippen molar-refractivity contribution in [3.63, 3.8) is 0 Å². The van der Waals surface area contributed by atoms with E-state index >= 15 is 0 Å². The first-order valence-corrected chi connectivity index (χ1v) is 6.58. The Morgan fingerprint density at radius 3 is 2.68 bits per heavy atom. The molecule has 0 saturated carbocycles. The molecule has 0 spiro atoms. The van der Waals surface area contributed by atoms with Crippen LogP contribution in [0.2, 0.25) is 0 Å². The molecule has 1 aromatic heterocycles. The molecule has 2 aliphatic rings. The van der Waals surface area contributed by atoms with E-state index in [0.29, 0.717) is 0 Å². The summed E-state index contributed by atoms with van der Waals surface area (Å²) < 4.78 is 0. The topological polar surface area (TPSA) is 35.0 Å². The predicted molar refractivity (Wildman–Crippen MR) is 77.4 cm³/mol. The minimum absolute atomic E-state index is 0.900. The number of hydrogen-bond acceptors (Lipinski definition) is 5. The third-order valence-electron chi connectivity index (χ3n) is 3.54. The maximum absolute atomic E-state index is 4.57. The number of aliphatic imine (C=N–C) groups is 1. The van der Waals surface area contributed by atoms with E-state index in [1.165, 1.54) is 0 Å². The normalized spacial score (nSPS) is 20.0. The van der Waals surface area contributed by atoms with Gasteiger partial charge in [-0.3, -0.25) is 4.90 Å². The molecule has 5 nitrogen and oxygen atoms in total. The molecule has 100 valence electrons. The van der Waals surface area contributed by atoms with Crippen LogP contribution in [0.25, 0.3) is 0 Å². The van der Waals surface area contributed by atoms with Crippen LogP contribution in [0.3, 0.4) is 0 Å². The standard InChI is InChI=1S/C14H19N5/c1-17-8-9-19(11-17)13-5-4-12(10-16-13)14-15-6-3-7-18(14)2/h3-6,10H,7-9,11H2,1-2H3. The highest BCUT2D eigenvalue weighted by Gasteiger charge is 2.18. The molecule has 0 amide bonds. The molecule has 5 heteroatoms. The van der Waals surface area contributed by atoms with Crippen LogP contribution in [0, 0.1) is 0 Å². The Morgan fingerprint density at radius 1 is 1.16 bits per heavy atom. The van der Waals surface area contributed by atoms with E-state index in [1.54, 1.807) is 0 Å². The largest absolute Gasteiger partial charge is 0.355 e. The van der Waals surface area contributed by atoms with Gasteiger partial charge in [0.1, 0.15) is 11.7 Å². The lowest BCUT2D eigenvalue weighted by Crippen LogP contribution is -2.29. The van der Waals surface area contributed by atoms with E-state index in [9.17, 15) is 0 Å². The van der Waals surface area contributed by atoms with Crippen molar-refractivity contribution in [3.05, 3.63) is 36.2 Å². The maximum Gasteiger partial charge on any atom is 0.137 e. The zero-order valence-corrected chi connectivity index (χ0v) is 11.5. The summed E-state index contributed by atoms with van der Waals surface area (Å²) in [6, 6.07) is 4.19. The van der Waals surface area contributed by atoms with Gasteiger partial charge in [-0.2, -0.15) is 0 Å². The Hall–Kier alpha value is -1.88. The summed E-state index contributed by atoms with van der Waals surface area (Å²) in [4.78, 5) is 15.7. The molecule has 1 saturated heterocycles. The molecule has 3 rings (SSSR count). The van der Waals surface area contributed by atoms with Crippen molar-refractivity contribution >= 4 is 11.7 Å². The first kappa shape index (κ1) is 12.2. The Bertz CT molecular complexity index is 505. The van der Waals surface area contributed by atoms with E-state index in [2.05, 4.69) is 43.9 Å². The number of hydrogen-bond donors (Lipinski definition) is 0. The van der Waals surface area contributed by atoms with Gasteiger partial charge < -0.3 is 9.80 Å². The van der Waals surface area contributed by atoms with Gasteiger partial charge in [-0.1, -0.05) is 0 Å². The van der Waals surface area contributed by atoms with Gasteiger partial charge in [0.05, 0.1) is 6.67 Å². The first-order chi connectivity index (χ1) is 9.24. The summed E-state index contributed by atoms with van der Waals surface area (Å²) in [6.45, 7) is 4.00. The lowest BCUT2D eigenvalue weighted by molar-refractivity contribution is 0.420. The second-order valence-corrected chi connectivity index (χ2v) is 5.11. The Morgan fingerprint density at radius 2 is 2.05 bits per heavy atom. The van der Waals surface area contributed by atoms with Crippen LogP contribution in [-0.2, 0) is 0 Å². The number of amidine groups is 1. The molecule has 0 aromatic carbocycles. The van der Waals surface area contributed by atoms with Crippen LogP contribution in [0.4, 0.5) is 5.82 Å². The van der Waals surface area contributed by atoms with Crippen LogP contribution in [0.5, 0.6) is 0 Å². The zero-order chi connectivity index (χ0) is 13.2. The van der Waals surface area contributed by atoms with E-state index in [0.717, 1.165) is 43.5 Å². The van der Waals surface area contributed by atoms with Gasteiger partial charge in [-0.25, -0.2) is 9.98 Å². The lowest BCUT2D eigenvalue weighted by atomic mass is 10.2. The molecule has 19 heavy (non-hydrogen) atoms. The molecule has 0 unspecified atom stereocenters. The van der Waals surface area contributed by atoms with Crippen molar-refractivity contribution in [2.75, 3.05) is 45.3 Å². The van der Waals surface area contributed by atoms with Crippen molar-refractivity contribution in [1.29, 1.82) is 0 Å². The summed E-state index contributed by atoms with van der Waals surface area (Å²) >= 11 is 0. The fourth-order valence-corrected chi connectivity index (χ4v) is 2.43.